The highest BCUT2D eigenvalue weighted by Gasteiger charge is 2.35. The fourth-order valence-electron chi connectivity index (χ4n) is 4.43. The van der Waals surface area contributed by atoms with E-state index in [0.29, 0.717) is 12.0 Å². The van der Waals surface area contributed by atoms with Gasteiger partial charge in [-0.3, -0.25) is 0 Å². The Labute approximate surface area is 153 Å². The average molecular weight is 341 g/mol. The van der Waals surface area contributed by atoms with Crippen molar-refractivity contribution in [2.75, 3.05) is 0 Å². The third-order valence-electron chi connectivity index (χ3n) is 5.84. The van der Waals surface area contributed by atoms with Gasteiger partial charge in [0.2, 0.25) is 0 Å². The Morgan fingerprint density at radius 1 is 0.923 bits per heavy atom. The summed E-state index contributed by atoms with van der Waals surface area (Å²) in [5.41, 5.74) is 6.18. The maximum Gasteiger partial charge on any atom is 0.132 e. The zero-order valence-electron chi connectivity index (χ0n) is 15.5. The van der Waals surface area contributed by atoms with Crippen LogP contribution in [0.1, 0.15) is 47.6 Å². The lowest BCUT2D eigenvalue weighted by Crippen LogP contribution is -2.27. The van der Waals surface area contributed by atoms with Gasteiger partial charge in [0, 0.05) is 39.6 Å². The number of aromatic nitrogens is 3. The molecule has 1 aliphatic carbocycles. The first-order valence-electron chi connectivity index (χ1n) is 9.41. The second-order valence-corrected chi connectivity index (χ2v) is 7.72. The van der Waals surface area contributed by atoms with Gasteiger partial charge in [-0.2, -0.15) is 0 Å². The Balaban J connectivity index is 1.45. The van der Waals surface area contributed by atoms with Gasteiger partial charge in [0.25, 0.3) is 0 Å². The number of rotatable bonds is 2. The van der Waals surface area contributed by atoms with Crippen LogP contribution in [0.5, 0.6) is 0 Å². The van der Waals surface area contributed by atoms with Gasteiger partial charge in [-0.15, -0.1) is 0 Å². The van der Waals surface area contributed by atoms with E-state index in [2.05, 4.69) is 73.9 Å². The molecular formula is C23H23N3. The van der Waals surface area contributed by atoms with Crippen LogP contribution in [-0.4, -0.2) is 14.5 Å². The predicted octanol–water partition coefficient (Wildman–Crippen LogP) is 5.63. The van der Waals surface area contributed by atoms with Crippen LogP contribution in [0.25, 0.3) is 21.8 Å². The summed E-state index contributed by atoms with van der Waals surface area (Å²) in [4.78, 5) is 9.66. The van der Waals surface area contributed by atoms with Crippen molar-refractivity contribution >= 4 is 21.8 Å². The summed E-state index contributed by atoms with van der Waals surface area (Å²) in [5, 5.41) is 2.51. The molecule has 2 aromatic heterocycles. The summed E-state index contributed by atoms with van der Waals surface area (Å²) in [6.07, 6.45) is 2.24. The van der Waals surface area contributed by atoms with Gasteiger partial charge in [0.15, 0.2) is 0 Å². The Hall–Kier alpha value is -2.68. The number of fused-ring (bicyclic) bond motifs is 2. The summed E-state index contributed by atoms with van der Waals surface area (Å²) in [5.74, 6) is 1.48. The minimum atomic E-state index is 0.464. The van der Waals surface area contributed by atoms with Crippen LogP contribution >= 0.6 is 0 Å². The second-order valence-electron chi connectivity index (χ2n) is 7.72. The molecule has 0 amide bonds. The lowest BCUT2D eigenvalue weighted by atomic mass is 9.79. The number of benzene rings is 2. The molecule has 5 rings (SSSR count). The van der Waals surface area contributed by atoms with Crippen molar-refractivity contribution in [1.82, 2.24) is 14.5 Å². The second kappa shape index (κ2) is 5.66. The quantitative estimate of drug-likeness (QED) is 0.473. The highest BCUT2D eigenvalue weighted by molar-refractivity contribution is 5.82. The molecular weight excluding hydrogens is 318 g/mol. The first kappa shape index (κ1) is 15.6. The largest absolute Gasteiger partial charge is 0.342 e. The molecule has 0 unspecified atom stereocenters. The van der Waals surface area contributed by atoms with E-state index in [1.165, 1.54) is 22.2 Å². The van der Waals surface area contributed by atoms with Gasteiger partial charge in [-0.25, -0.2) is 9.97 Å². The standard InChI is InChI=1S/C23H23N3/c1-14-8-9-22-17(10-14)11-15(2)26(22)19-12-18(13-19)23-24-16(3)20-6-4-5-7-21(20)25-23/h4-11,18-19H,12-13H2,1-3H3. The number of hydrogen-bond donors (Lipinski definition) is 0. The van der Waals surface area contributed by atoms with Crippen molar-refractivity contribution in [2.24, 2.45) is 0 Å². The van der Waals surface area contributed by atoms with E-state index in [0.717, 1.165) is 35.3 Å². The van der Waals surface area contributed by atoms with Crippen LogP contribution in [0, 0.1) is 20.8 Å². The van der Waals surface area contributed by atoms with E-state index >= 15 is 0 Å². The van der Waals surface area contributed by atoms with Crippen molar-refractivity contribution < 1.29 is 0 Å². The van der Waals surface area contributed by atoms with Crippen molar-refractivity contribution in [2.45, 2.75) is 45.6 Å². The van der Waals surface area contributed by atoms with Crippen molar-refractivity contribution in [3.05, 3.63) is 71.3 Å². The third-order valence-corrected chi connectivity index (χ3v) is 5.84. The van der Waals surface area contributed by atoms with Crippen molar-refractivity contribution in [3.8, 4) is 0 Å². The first-order valence-corrected chi connectivity index (χ1v) is 9.41. The fourth-order valence-corrected chi connectivity index (χ4v) is 4.43. The minimum absolute atomic E-state index is 0.464. The molecule has 3 heteroatoms. The molecule has 3 nitrogen and oxygen atoms in total. The fraction of sp³-hybridized carbons (Fsp3) is 0.304. The lowest BCUT2D eigenvalue weighted by molar-refractivity contribution is 0.259. The van der Waals surface area contributed by atoms with Gasteiger partial charge in [0.1, 0.15) is 5.82 Å². The van der Waals surface area contributed by atoms with Crippen LogP contribution in [-0.2, 0) is 0 Å². The molecule has 26 heavy (non-hydrogen) atoms. The Kier molecular flexibility index (Phi) is 3.39. The molecule has 0 aliphatic heterocycles. The summed E-state index contributed by atoms with van der Waals surface area (Å²) in [6, 6.07) is 17.9. The molecule has 0 spiro atoms. The highest BCUT2D eigenvalue weighted by Crippen LogP contribution is 2.46. The van der Waals surface area contributed by atoms with Gasteiger partial charge < -0.3 is 4.57 Å². The maximum atomic E-state index is 4.85. The molecule has 4 aromatic rings. The number of aryl methyl sites for hydroxylation is 3. The molecule has 2 heterocycles. The topological polar surface area (TPSA) is 30.7 Å². The van der Waals surface area contributed by atoms with E-state index in [4.69, 9.17) is 9.97 Å². The molecule has 130 valence electrons. The molecule has 0 radical (unpaired) electrons. The summed E-state index contributed by atoms with van der Waals surface area (Å²) in [6.45, 7) is 6.47. The molecule has 1 fully saturated rings. The van der Waals surface area contributed by atoms with Gasteiger partial charge in [-0.05, 0) is 57.9 Å². The van der Waals surface area contributed by atoms with Crippen LogP contribution < -0.4 is 0 Å². The zero-order valence-corrected chi connectivity index (χ0v) is 15.5. The van der Waals surface area contributed by atoms with E-state index in [-0.39, 0.29) is 0 Å². The maximum absolute atomic E-state index is 4.85. The molecule has 0 saturated heterocycles. The molecule has 1 saturated carbocycles. The van der Waals surface area contributed by atoms with Crippen molar-refractivity contribution in [3.63, 3.8) is 0 Å². The van der Waals surface area contributed by atoms with Gasteiger partial charge in [0.05, 0.1) is 5.52 Å². The number of hydrogen-bond acceptors (Lipinski definition) is 2. The number of nitrogens with zero attached hydrogens (tertiary/aromatic N) is 3. The molecule has 0 N–H and O–H groups in total. The molecule has 0 atom stereocenters. The van der Waals surface area contributed by atoms with E-state index in [9.17, 15) is 0 Å². The zero-order chi connectivity index (χ0) is 17.8. The van der Waals surface area contributed by atoms with Crippen LogP contribution in [0.4, 0.5) is 0 Å². The Morgan fingerprint density at radius 2 is 1.73 bits per heavy atom. The van der Waals surface area contributed by atoms with Crippen LogP contribution in [0.15, 0.2) is 48.5 Å². The summed E-state index contributed by atoms with van der Waals surface area (Å²) < 4.78 is 2.51. The SMILES string of the molecule is Cc1ccc2c(c1)cc(C)n2C1CC(c2nc(C)c3ccccc3n2)C1. The van der Waals surface area contributed by atoms with E-state index < -0.39 is 0 Å². The van der Waals surface area contributed by atoms with Gasteiger partial charge in [-0.1, -0.05) is 29.8 Å². The van der Waals surface area contributed by atoms with Crippen LogP contribution in [0.3, 0.4) is 0 Å². The molecule has 0 bridgehead atoms. The highest BCUT2D eigenvalue weighted by atomic mass is 15.0. The Morgan fingerprint density at radius 3 is 2.58 bits per heavy atom. The van der Waals surface area contributed by atoms with Crippen molar-refractivity contribution in [1.29, 1.82) is 0 Å². The summed E-state index contributed by atoms with van der Waals surface area (Å²) in [7, 11) is 0. The monoisotopic (exact) mass is 341 g/mol. The Bertz CT molecular complexity index is 1130. The predicted molar refractivity (Wildman–Crippen MR) is 107 cm³/mol. The van der Waals surface area contributed by atoms with E-state index in [1.807, 2.05) is 0 Å². The summed E-state index contributed by atoms with van der Waals surface area (Å²) >= 11 is 0. The first-order chi connectivity index (χ1) is 12.6. The van der Waals surface area contributed by atoms with Gasteiger partial charge >= 0.3 is 0 Å². The molecule has 1 aliphatic rings. The molecule has 2 aromatic carbocycles. The van der Waals surface area contributed by atoms with Crippen LogP contribution in [0.2, 0.25) is 0 Å². The third kappa shape index (κ3) is 2.34. The smallest absolute Gasteiger partial charge is 0.132 e. The lowest BCUT2D eigenvalue weighted by Gasteiger charge is -2.37. The average Bonchev–Trinajstić information content (AvgIpc) is 2.89. The van der Waals surface area contributed by atoms with E-state index in [1.54, 1.807) is 0 Å². The normalized spacial score (nSPS) is 19.8. The number of para-hydroxylation sites is 1. The minimum Gasteiger partial charge on any atom is -0.342 e.